The van der Waals surface area contributed by atoms with Gasteiger partial charge < -0.3 is 15.0 Å². The molecule has 0 spiro atoms. The highest BCUT2D eigenvalue weighted by molar-refractivity contribution is 6.00. The summed E-state index contributed by atoms with van der Waals surface area (Å²) < 4.78 is 6.21. The fourth-order valence-corrected chi connectivity index (χ4v) is 5.05. The van der Waals surface area contributed by atoms with Crippen molar-refractivity contribution < 1.29 is 4.74 Å². The molecule has 1 aromatic carbocycles. The number of nitrogens with one attached hydrogen (secondary N) is 3. The second-order valence-corrected chi connectivity index (χ2v) is 9.34. The number of ether oxygens (including phenoxy) is 1. The van der Waals surface area contributed by atoms with Gasteiger partial charge in [-0.15, -0.1) is 0 Å². The van der Waals surface area contributed by atoms with Gasteiger partial charge in [0.2, 0.25) is 0 Å². The lowest BCUT2D eigenvalue weighted by Crippen LogP contribution is -2.34. The molecule has 0 saturated carbocycles. The third kappa shape index (κ3) is 4.11. The fourth-order valence-electron chi connectivity index (χ4n) is 5.05. The summed E-state index contributed by atoms with van der Waals surface area (Å²) >= 11 is 0. The Balaban J connectivity index is 1.26. The molecule has 7 rings (SSSR count). The van der Waals surface area contributed by atoms with E-state index in [4.69, 9.17) is 4.74 Å². The highest BCUT2D eigenvalue weighted by Crippen LogP contribution is 2.34. The summed E-state index contributed by atoms with van der Waals surface area (Å²) in [7, 11) is 0. The third-order valence-electron chi connectivity index (χ3n) is 6.92. The molecule has 8 heteroatoms. The molecule has 0 radical (unpaired) electrons. The van der Waals surface area contributed by atoms with Crippen molar-refractivity contribution in [2.24, 2.45) is 0 Å². The molecule has 37 heavy (non-hydrogen) atoms. The molecule has 6 heterocycles. The van der Waals surface area contributed by atoms with Gasteiger partial charge in [0.05, 0.1) is 23.3 Å². The van der Waals surface area contributed by atoms with E-state index in [1.54, 1.807) is 6.20 Å². The first-order valence-electron chi connectivity index (χ1n) is 12.5. The van der Waals surface area contributed by atoms with Crippen LogP contribution in [0.5, 0.6) is 5.75 Å². The van der Waals surface area contributed by atoms with Gasteiger partial charge in [0.15, 0.2) is 5.65 Å². The molecule has 1 saturated heterocycles. The number of hydrogen-bond acceptors (Lipinski definition) is 6. The number of aromatic amines is 2. The number of piperidine rings is 1. The second-order valence-electron chi connectivity index (χ2n) is 9.34. The Morgan fingerprint density at radius 1 is 0.838 bits per heavy atom. The Kier molecular flexibility index (Phi) is 5.36. The van der Waals surface area contributed by atoms with Crippen LogP contribution in [0.25, 0.3) is 55.7 Å². The third-order valence-corrected chi connectivity index (χ3v) is 6.92. The van der Waals surface area contributed by atoms with Crippen molar-refractivity contribution in [3.05, 3.63) is 79.4 Å². The van der Waals surface area contributed by atoms with E-state index in [0.29, 0.717) is 5.65 Å². The Labute approximate surface area is 213 Å². The largest absolute Gasteiger partial charge is 0.489 e. The van der Waals surface area contributed by atoms with Crippen molar-refractivity contribution in [1.29, 1.82) is 0 Å². The summed E-state index contributed by atoms with van der Waals surface area (Å²) in [5.74, 6) is 0.787. The first kappa shape index (κ1) is 21.7. The van der Waals surface area contributed by atoms with Crippen molar-refractivity contribution >= 4 is 21.9 Å². The van der Waals surface area contributed by atoms with Gasteiger partial charge in [-0.2, -0.15) is 5.10 Å². The maximum atomic E-state index is 6.21. The second kappa shape index (κ2) is 9.15. The van der Waals surface area contributed by atoms with Gasteiger partial charge in [-0.25, -0.2) is 4.98 Å². The average molecular weight is 488 g/mol. The molecule has 0 bridgehead atoms. The molecular weight excluding hydrogens is 462 g/mol. The van der Waals surface area contributed by atoms with E-state index in [2.05, 4.69) is 59.7 Å². The van der Waals surface area contributed by atoms with Crippen molar-refractivity contribution in [3.63, 3.8) is 0 Å². The Hall–Kier alpha value is -4.56. The van der Waals surface area contributed by atoms with E-state index < -0.39 is 0 Å². The molecule has 0 atom stereocenters. The lowest BCUT2D eigenvalue weighted by Gasteiger charge is -2.23. The van der Waals surface area contributed by atoms with Gasteiger partial charge in [0, 0.05) is 51.6 Å². The van der Waals surface area contributed by atoms with Gasteiger partial charge in [-0.3, -0.25) is 15.1 Å². The first-order valence-corrected chi connectivity index (χ1v) is 12.5. The number of H-pyrrole nitrogens is 2. The van der Waals surface area contributed by atoms with E-state index in [9.17, 15) is 0 Å². The van der Waals surface area contributed by atoms with Crippen LogP contribution in [-0.4, -0.2) is 49.3 Å². The lowest BCUT2D eigenvalue weighted by molar-refractivity contribution is 0.162. The smallest absolute Gasteiger partial charge is 0.181 e. The van der Waals surface area contributed by atoms with Gasteiger partial charge >= 0.3 is 0 Å². The van der Waals surface area contributed by atoms with Gasteiger partial charge in [0.1, 0.15) is 11.9 Å². The van der Waals surface area contributed by atoms with Gasteiger partial charge in [0.25, 0.3) is 0 Å². The Morgan fingerprint density at radius 2 is 1.76 bits per heavy atom. The average Bonchev–Trinajstić information content (AvgIpc) is 3.58. The van der Waals surface area contributed by atoms with Crippen LogP contribution in [0.2, 0.25) is 0 Å². The van der Waals surface area contributed by atoms with Crippen LogP contribution in [0.15, 0.2) is 79.4 Å². The fraction of sp³-hybridized carbons (Fsp3) is 0.172. The van der Waals surface area contributed by atoms with Gasteiger partial charge in [-0.05, 0) is 62.3 Å². The molecule has 1 aliphatic heterocycles. The number of rotatable bonds is 5. The number of aromatic nitrogens is 6. The predicted octanol–water partition coefficient (Wildman–Crippen LogP) is 5.36. The van der Waals surface area contributed by atoms with E-state index in [0.717, 1.165) is 81.7 Å². The lowest BCUT2D eigenvalue weighted by atomic mass is 10.1. The number of nitrogens with zero attached hydrogens (tertiary/aromatic N) is 4. The standard InChI is InChI=1S/C29H25N7O/c1-2-9-32-25(5-1)22-4-3-6-26-23(22)14-27(34-26)28-24-13-19(16-33-29(24)36-35-28)18-12-21(17-31-15-18)37-20-7-10-30-11-8-20/h1-6,9,12-17,20,30,34H,7-8,10-11H2,(H,33,35,36). The van der Waals surface area contributed by atoms with E-state index in [1.807, 2.05) is 48.9 Å². The molecule has 0 unspecified atom stereocenters. The zero-order chi connectivity index (χ0) is 24.6. The monoisotopic (exact) mass is 487 g/mol. The molecule has 1 aliphatic rings. The van der Waals surface area contributed by atoms with Crippen LogP contribution in [0.3, 0.4) is 0 Å². The highest BCUT2D eigenvalue weighted by atomic mass is 16.5. The predicted molar refractivity (Wildman–Crippen MR) is 144 cm³/mol. The topological polar surface area (TPSA) is 104 Å². The Bertz CT molecular complexity index is 1700. The summed E-state index contributed by atoms with van der Waals surface area (Å²) in [5, 5.41) is 13.1. The van der Waals surface area contributed by atoms with Gasteiger partial charge in [-0.1, -0.05) is 18.2 Å². The molecule has 5 aromatic heterocycles. The summed E-state index contributed by atoms with van der Waals surface area (Å²) in [5.41, 5.74) is 7.49. The minimum atomic E-state index is 0.220. The van der Waals surface area contributed by atoms with Crippen LogP contribution in [0, 0.1) is 0 Å². The highest BCUT2D eigenvalue weighted by Gasteiger charge is 2.17. The van der Waals surface area contributed by atoms with Crippen molar-refractivity contribution in [1.82, 2.24) is 35.5 Å². The minimum Gasteiger partial charge on any atom is -0.489 e. The molecular formula is C29H25N7O. The number of pyridine rings is 3. The molecule has 8 nitrogen and oxygen atoms in total. The molecule has 3 N–H and O–H groups in total. The zero-order valence-electron chi connectivity index (χ0n) is 20.1. The molecule has 0 amide bonds. The van der Waals surface area contributed by atoms with E-state index in [-0.39, 0.29) is 6.10 Å². The van der Waals surface area contributed by atoms with Crippen LogP contribution < -0.4 is 10.1 Å². The molecule has 6 aromatic rings. The molecule has 182 valence electrons. The van der Waals surface area contributed by atoms with Crippen LogP contribution >= 0.6 is 0 Å². The minimum absolute atomic E-state index is 0.220. The quantitative estimate of drug-likeness (QED) is 0.302. The van der Waals surface area contributed by atoms with Crippen molar-refractivity contribution in [2.75, 3.05) is 13.1 Å². The van der Waals surface area contributed by atoms with E-state index in [1.165, 1.54) is 0 Å². The van der Waals surface area contributed by atoms with Crippen LogP contribution in [-0.2, 0) is 0 Å². The number of fused-ring (bicyclic) bond motifs is 2. The summed E-state index contributed by atoms with van der Waals surface area (Å²) in [6.45, 7) is 1.97. The normalized spacial score (nSPS) is 14.4. The maximum absolute atomic E-state index is 6.21. The van der Waals surface area contributed by atoms with Crippen LogP contribution in [0.4, 0.5) is 0 Å². The van der Waals surface area contributed by atoms with Crippen LogP contribution in [0.1, 0.15) is 12.8 Å². The van der Waals surface area contributed by atoms with E-state index >= 15 is 0 Å². The molecule has 0 aliphatic carbocycles. The first-order chi connectivity index (χ1) is 18.3. The number of hydrogen-bond donors (Lipinski definition) is 3. The molecule has 1 fully saturated rings. The van der Waals surface area contributed by atoms with Crippen molar-refractivity contribution in [2.45, 2.75) is 18.9 Å². The zero-order valence-corrected chi connectivity index (χ0v) is 20.1. The Morgan fingerprint density at radius 3 is 2.65 bits per heavy atom. The van der Waals surface area contributed by atoms with Crippen molar-refractivity contribution in [3.8, 4) is 39.5 Å². The summed E-state index contributed by atoms with van der Waals surface area (Å²) in [6.07, 6.45) is 9.51. The SMILES string of the molecule is c1ccc(-c2cccc3[nH]c(-c4[nH]nc5ncc(-c6cncc(OC7CCNCC7)c6)cc45)cc23)nc1. The number of benzene rings is 1. The summed E-state index contributed by atoms with van der Waals surface area (Å²) in [4.78, 5) is 17.2. The maximum Gasteiger partial charge on any atom is 0.181 e. The summed E-state index contributed by atoms with van der Waals surface area (Å²) in [6, 6.07) is 18.5.